The van der Waals surface area contributed by atoms with Gasteiger partial charge in [0.2, 0.25) is 0 Å². The van der Waals surface area contributed by atoms with Crippen molar-refractivity contribution in [2.45, 2.75) is 19.1 Å². The number of thiazole rings is 1. The van der Waals surface area contributed by atoms with E-state index >= 15 is 0 Å². The lowest BCUT2D eigenvalue weighted by Gasteiger charge is -2.11. The zero-order valence-corrected chi connectivity index (χ0v) is 19.1. The lowest BCUT2D eigenvalue weighted by molar-refractivity contribution is -0.137. The first-order valence-corrected chi connectivity index (χ1v) is 10.8. The monoisotopic (exact) mass is 514 g/mol. The van der Waals surface area contributed by atoms with Crippen molar-refractivity contribution in [3.63, 3.8) is 0 Å². The van der Waals surface area contributed by atoms with Crippen LogP contribution in [-0.4, -0.2) is 44.8 Å². The molecular weight excluding hydrogens is 497 g/mol. The number of halogens is 4. The van der Waals surface area contributed by atoms with Crippen molar-refractivity contribution in [2.24, 2.45) is 5.73 Å². The van der Waals surface area contributed by atoms with Crippen LogP contribution >= 0.6 is 22.9 Å². The number of amides is 2. The van der Waals surface area contributed by atoms with E-state index in [0.29, 0.717) is 30.0 Å². The minimum atomic E-state index is -4.70. The van der Waals surface area contributed by atoms with Crippen LogP contribution in [0.15, 0.2) is 30.9 Å². The van der Waals surface area contributed by atoms with E-state index in [-0.39, 0.29) is 16.4 Å². The van der Waals surface area contributed by atoms with E-state index in [1.807, 2.05) is 0 Å². The van der Waals surface area contributed by atoms with Crippen molar-refractivity contribution in [1.82, 2.24) is 25.3 Å². The summed E-state index contributed by atoms with van der Waals surface area (Å²) in [5.74, 6) is -1.08. The minimum Gasteiger partial charge on any atom is -0.369 e. The second kappa shape index (κ2) is 10.7. The molecule has 2 amide bonds. The fourth-order valence-corrected chi connectivity index (χ4v) is 3.63. The SMILES string of the molecule is CC(NC(=O)c1cc(NCCN)ncn1)c1ncc(C(=O)Nc2cc(C(F)(F)F)c(Cl)cn2)s1. The van der Waals surface area contributed by atoms with Crippen LogP contribution in [0.4, 0.5) is 24.8 Å². The molecule has 3 heterocycles. The van der Waals surface area contributed by atoms with E-state index in [1.165, 1.54) is 18.6 Å². The molecule has 0 spiro atoms. The maximum absolute atomic E-state index is 13.0. The summed E-state index contributed by atoms with van der Waals surface area (Å²) in [5.41, 5.74) is 4.42. The smallest absolute Gasteiger partial charge is 0.369 e. The van der Waals surface area contributed by atoms with Crippen molar-refractivity contribution in [3.8, 4) is 0 Å². The fraction of sp³-hybridized carbons (Fsp3) is 0.263. The first-order chi connectivity index (χ1) is 16.1. The molecule has 5 N–H and O–H groups in total. The van der Waals surface area contributed by atoms with Gasteiger partial charge in [0.05, 0.1) is 22.8 Å². The predicted molar refractivity (Wildman–Crippen MR) is 120 cm³/mol. The van der Waals surface area contributed by atoms with Crippen molar-refractivity contribution in [1.29, 1.82) is 0 Å². The van der Waals surface area contributed by atoms with Gasteiger partial charge in [-0.05, 0) is 13.0 Å². The van der Waals surface area contributed by atoms with Crippen molar-refractivity contribution >= 4 is 46.4 Å². The third kappa shape index (κ3) is 6.36. The minimum absolute atomic E-state index is 0.108. The maximum Gasteiger partial charge on any atom is 0.418 e. The van der Waals surface area contributed by atoms with Gasteiger partial charge in [0.15, 0.2) is 0 Å². The number of alkyl halides is 3. The Bertz CT molecular complexity index is 1190. The van der Waals surface area contributed by atoms with Gasteiger partial charge in [0, 0.05) is 25.4 Å². The molecule has 1 atom stereocenters. The summed E-state index contributed by atoms with van der Waals surface area (Å²) in [6.45, 7) is 2.52. The number of carbonyl (C=O) groups is 2. The summed E-state index contributed by atoms with van der Waals surface area (Å²) in [5, 5.41) is 7.75. The van der Waals surface area contributed by atoms with Gasteiger partial charge in [0.1, 0.15) is 33.5 Å². The number of hydrogen-bond donors (Lipinski definition) is 4. The zero-order chi connectivity index (χ0) is 24.9. The van der Waals surface area contributed by atoms with Gasteiger partial charge in [-0.2, -0.15) is 13.2 Å². The van der Waals surface area contributed by atoms with Gasteiger partial charge in [-0.3, -0.25) is 9.59 Å². The number of carbonyl (C=O) groups excluding carboxylic acids is 2. The summed E-state index contributed by atoms with van der Waals surface area (Å²) in [6.07, 6.45) is -1.41. The summed E-state index contributed by atoms with van der Waals surface area (Å²) >= 11 is 6.49. The molecule has 0 aliphatic heterocycles. The number of hydrogen-bond acceptors (Lipinski definition) is 9. The Morgan fingerprint density at radius 1 is 1.12 bits per heavy atom. The van der Waals surface area contributed by atoms with Crippen LogP contribution < -0.4 is 21.7 Å². The highest BCUT2D eigenvalue weighted by molar-refractivity contribution is 7.13. The second-order valence-electron chi connectivity index (χ2n) is 6.76. The van der Waals surface area contributed by atoms with Crippen molar-refractivity contribution < 1.29 is 22.8 Å². The molecule has 3 aromatic rings. The Labute approximate surface area is 200 Å². The second-order valence-corrected chi connectivity index (χ2v) is 8.23. The van der Waals surface area contributed by atoms with Gasteiger partial charge < -0.3 is 21.7 Å². The van der Waals surface area contributed by atoms with E-state index in [1.54, 1.807) is 6.92 Å². The van der Waals surface area contributed by atoms with Crippen LogP contribution in [0.3, 0.4) is 0 Å². The van der Waals surface area contributed by atoms with Gasteiger partial charge >= 0.3 is 6.18 Å². The highest BCUT2D eigenvalue weighted by Crippen LogP contribution is 2.35. The van der Waals surface area contributed by atoms with E-state index < -0.39 is 34.6 Å². The van der Waals surface area contributed by atoms with Gasteiger partial charge in [-0.15, -0.1) is 11.3 Å². The van der Waals surface area contributed by atoms with Crippen molar-refractivity contribution in [3.05, 3.63) is 57.0 Å². The van der Waals surface area contributed by atoms with E-state index in [4.69, 9.17) is 17.3 Å². The Morgan fingerprint density at radius 2 is 1.88 bits per heavy atom. The number of rotatable bonds is 8. The quantitative estimate of drug-likeness (QED) is 0.358. The van der Waals surface area contributed by atoms with Crippen LogP contribution in [0.1, 0.15) is 43.7 Å². The fourth-order valence-electron chi connectivity index (χ4n) is 2.61. The average molecular weight is 515 g/mol. The predicted octanol–water partition coefficient (Wildman–Crippen LogP) is 3.11. The molecule has 0 aliphatic rings. The number of aromatic nitrogens is 4. The lowest BCUT2D eigenvalue weighted by Crippen LogP contribution is -2.27. The van der Waals surface area contributed by atoms with E-state index in [2.05, 4.69) is 35.9 Å². The molecule has 180 valence electrons. The Balaban J connectivity index is 1.65. The highest BCUT2D eigenvalue weighted by atomic mass is 35.5. The Kier molecular flexibility index (Phi) is 7.96. The normalized spacial score (nSPS) is 12.2. The molecule has 0 saturated carbocycles. The number of nitrogens with one attached hydrogen (secondary N) is 3. The highest BCUT2D eigenvalue weighted by Gasteiger charge is 2.34. The molecule has 0 bridgehead atoms. The topological polar surface area (TPSA) is 148 Å². The molecule has 0 saturated heterocycles. The molecule has 0 fully saturated rings. The van der Waals surface area contributed by atoms with Crippen LogP contribution in [0.5, 0.6) is 0 Å². The molecule has 15 heteroatoms. The number of anilines is 2. The summed E-state index contributed by atoms with van der Waals surface area (Å²) in [7, 11) is 0. The van der Waals surface area contributed by atoms with Gasteiger partial charge in [-0.25, -0.2) is 19.9 Å². The summed E-state index contributed by atoms with van der Waals surface area (Å²) < 4.78 is 39.0. The van der Waals surface area contributed by atoms with Gasteiger partial charge in [0.25, 0.3) is 11.8 Å². The van der Waals surface area contributed by atoms with Crippen LogP contribution in [-0.2, 0) is 6.18 Å². The standard InChI is InChI=1S/C19H18ClF3N8O2S/c1-9(30-16(32)12-5-14(25-3-2-24)29-8-28-12)18-27-7-13(34-18)17(33)31-15-4-10(19(21,22)23)11(20)6-26-15/h4-9H,2-3,24H2,1H3,(H,30,32)(H,25,28,29)(H,26,31,33). The van der Waals surface area contributed by atoms with E-state index in [0.717, 1.165) is 17.5 Å². The van der Waals surface area contributed by atoms with Crippen LogP contribution in [0.2, 0.25) is 5.02 Å². The molecule has 0 radical (unpaired) electrons. The van der Waals surface area contributed by atoms with Crippen LogP contribution in [0.25, 0.3) is 0 Å². The molecule has 0 aliphatic carbocycles. The molecule has 34 heavy (non-hydrogen) atoms. The first-order valence-electron chi connectivity index (χ1n) is 9.65. The Morgan fingerprint density at radius 3 is 2.59 bits per heavy atom. The molecule has 10 nitrogen and oxygen atoms in total. The summed E-state index contributed by atoms with van der Waals surface area (Å²) in [6, 6.07) is 1.52. The first kappa shape index (κ1) is 25.3. The third-order valence-electron chi connectivity index (χ3n) is 4.22. The summed E-state index contributed by atoms with van der Waals surface area (Å²) in [4.78, 5) is 40.8. The number of pyridine rings is 1. The van der Waals surface area contributed by atoms with Crippen LogP contribution in [0, 0.1) is 0 Å². The molecule has 3 rings (SSSR count). The Hall–Kier alpha value is -3.36. The van der Waals surface area contributed by atoms with Gasteiger partial charge in [-0.1, -0.05) is 11.6 Å². The number of nitrogens with zero attached hydrogens (tertiary/aromatic N) is 4. The molecule has 0 aromatic carbocycles. The molecular formula is C19H18ClF3N8O2S. The largest absolute Gasteiger partial charge is 0.418 e. The molecule has 3 aromatic heterocycles. The van der Waals surface area contributed by atoms with E-state index in [9.17, 15) is 22.8 Å². The lowest BCUT2D eigenvalue weighted by atomic mass is 10.2. The average Bonchev–Trinajstić information content (AvgIpc) is 3.29. The maximum atomic E-state index is 13.0. The number of nitrogens with two attached hydrogens (primary N) is 1. The van der Waals surface area contributed by atoms with Crippen molar-refractivity contribution in [2.75, 3.05) is 23.7 Å². The third-order valence-corrected chi connectivity index (χ3v) is 5.70. The molecule has 1 unspecified atom stereocenters. The zero-order valence-electron chi connectivity index (χ0n) is 17.5.